The van der Waals surface area contributed by atoms with Crippen LogP contribution in [0.25, 0.3) is 10.1 Å². The minimum absolute atomic E-state index is 0.118. The molecule has 1 aromatic carbocycles. The third-order valence-electron chi connectivity index (χ3n) is 4.77. The first-order valence-electron chi connectivity index (χ1n) is 8.35. The molecule has 0 spiro atoms. The first-order chi connectivity index (χ1) is 11.5. The van der Waals surface area contributed by atoms with E-state index in [1.165, 1.54) is 9.58 Å². The molecule has 1 N–H and O–H groups in total. The van der Waals surface area contributed by atoms with Crippen molar-refractivity contribution in [2.45, 2.75) is 31.8 Å². The van der Waals surface area contributed by atoms with Crippen LogP contribution in [0.3, 0.4) is 0 Å². The van der Waals surface area contributed by atoms with Crippen LogP contribution in [-0.2, 0) is 11.3 Å². The molecule has 1 aliphatic rings. The second-order valence-electron chi connectivity index (χ2n) is 6.51. The highest BCUT2D eigenvalue weighted by Gasteiger charge is 2.22. The monoisotopic (exact) mass is 366 g/mol. The van der Waals surface area contributed by atoms with E-state index in [4.69, 9.17) is 16.7 Å². The van der Waals surface area contributed by atoms with E-state index in [9.17, 15) is 4.79 Å². The summed E-state index contributed by atoms with van der Waals surface area (Å²) in [6.07, 6.45) is 3.16. The normalized spacial score (nSPS) is 19.7. The Morgan fingerprint density at radius 1 is 1.38 bits per heavy atom. The molecule has 4 nitrogen and oxygen atoms in total. The summed E-state index contributed by atoms with van der Waals surface area (Å²) in [5, 5.41) is 11.0. The van der Waals surface area contributed by atoms with Gasteiger partial charge < -0.3 is 5.11 Å². The van der Waals surface area contributed by atoms with Gasteiger partial charge in [-0.15, -0.1) is 11.3 Å². The summed E-state index contributed by atoms with van der Waals surface area (Å²) in [6.45, 7) is 3.03. The third kappa shape index (κ3) is 4.09. The Balaban J connectivity index is 1.64. The summed E-state index contributed by atoms with van der Waals surface area (Å²) in [4.78, 5) is 16.6. The summed E-state index contributed by atoms with van der Waals surface area (Å²) in [6, 6.07) is 8.63. The highest BCUT2D eigenvalue weighted by Crippen LogP contribution is 2.36. The molecule has 1 atom stereocenters. The molecule has 0 amide bonds. The van der Waals surface area contributed by atoms with Crippen molar-refractivity contribution in [1.82, 2.24) is 9.80 Å². The van der Waals surface area contributed by atoms with Gasteiger partial charge in [0.05, 0.1) is 11.6 Å². The maximum atomic E-state index is 10.9. The van der Waals surface area contributed by atoms with Crippen LogP contribution in [0.2, 0.25) is 5.02 Å². The molecule has 3 rings (SSSR count). The van der Waals surface area contributed by atoms with E-state index in [1.54, 1.807) is 11.3 Å². The number of carbonyl (C=O) groups is 1. The number of carboxylic acids is 1. The van der Waals surface area contributed by atoms with Gasteiger partial charge in [-0.3, -0.25) is 14.6 Å². The second-order valence-corrected chi connectivity index (χ2v) is 8.02. The Hall–Kier alpha value is -1.14. The number of thiophene rings is 1. The van der Waals surface area contributed by atoms with E-state index < -0.39 is 5.97 Å². The van der Waals surface area contributed by atoms with Gasteiger partial charge in [0.1, 0.15) is 0 Å². The molecule has 1 aliphatic heterocycles. The van der Waals surface area contributed by atoms with Gasteiger partial charge in [-0.25, -0.2) is 0 Å². The van der Waals surface area contributed by atoms with Crippen LogP contribution in [0.5, 0.6) is 0 Å². The average molecular weight is 367 g/mol. The van der Waals surface area contributed by atoms with Crippen LogP contribution >= 0.6 is 22.9 Å². The van der Waals surface area contributed by atoms with Crippen molar-refractivity contribution in [3.05, 3.63) is 34.2 Å². The fourth-order valence-electron chi connectivity index (χ4n) is 3.45. The molecule has 0 radical (unpaired) electrons. The van der Waals surface area contributed by atoms with Gasteiger partial charge in [0.2, 0.25) is 0 Å². The summed E-state index contributed by atoms with van der Waals surface area (Å²) in [5.41, 5.74) is 0. The number of rotatable bonds is 5. The van der Waals surface area contributed by atoms with Crippen molar-refractivity contribution in [3.8, 4) is 0 Å². The van der Waals surface area contributed by atoms with Crippen LogP contribution < -0.4 is 0 Å². The molecule has 1 unspecified atom stereocenters. The second kappa shape index (κ2) is 7.83. The van der Waals surface area contributed by atoms with Crippen molar-refractivity contribution in [1.29, 1.82) is 0 Å². The molecule has 0 bridgehead atoms. The van der Waals surface area contributed by atoms with Gasteiger partial charge in [0.15, 0.2) is 0 Å². The minimum Gasteiger partial charge on any atom is -0.480 e. The number of nitrogens with zero attached hydrogens (tertiary/aromatic N) is 2. The molecule has 1 aromatic heterocycles. The summed E-state index contributed by atoms with van der Waals surface area (Å²) >= 11 is 8.34. The first kappa shape index (κ1) is 17.7. The number of aliphatic carboxylic acids is 1. The molecular weight excluding hydrogens is 344 g/mol. The predicted molar refractivity (Wildman–Crippen MR) is 100 cm³/mol. The average Bonchev–Trinajstić information content (AvgIpc) is 2.72. The zero-order valence-electron chi connectivity index (χ0n) is 13.9. The molecule has 1 fully saturated rings. The molecule has 24 heavy (non-hydrogen) atoms. The number of likely N-dealkylation sites (N-methyl/N-ethyl adjacent to an activating group) is 1. The van der Waals surface area contributed by atoms with Crippen molar-refractivity contribution in [2.24, 2.45) is 0 Å². The topological polar surface area (TPSA) is 43.8 Å². The number of fused-ring (bicyclic) bond motifs is 1. The zero-order valence-corrected chi connectivity index (χ0v) is 15.4. The van der Waals surface area contributed by atoms with E-state index >= 15 is 0 Å². The van der Waals surface area contributed by atoms with Crippen LogP contribution in [0.15, 0.2) is 24.3 Å². The number of carboxylic acid groups (broad SMARTS) is 1. The molecular formula is C18H23ClN2O2S. The number of hydrogen-bond acceptors (Lipinski definition) is 4. The smallest absolute Gasteiger partial charge is 0.317 e. The number of hydrogen-bond donors (Lipinski definition) is 1. The lowest BCUT2D eigenvalue weighted by molar-refractivity contribution is -0.138. The molecule has 0 aliphatic carbocycles. The van der Waals surface area contributed by atoms with Crippen molar-refractivity contribution >= 4 is 39.0 Å². The van der Waals surface area contributed by atoms with Crippen molar-refractivity contribution in [2.75, 3.05) is 26.7 Å². The molecule has 2 heterocycles. The Labute approximate surface area is 151 Å². The van der Waals surface area contributed by atoms with Gasteiger partial charge in [-0.05, 0) is 38.9 Å². The van der Waals surface area contributed by atoms with Crippen LogP contribution in [-0.4, -0.2) is 53.6 Å². The minimum atomic E-state index is -0.754. The van der Waals surface area contributed by atoms with E-state index in [1.807, 2.05) is 24.1 Å². The van der Waals surface area contributed by atoms with Crippen molar-refractivity contribution < 1.29 is 9.90 Å². The standard InChI is InChI=1S/C18H23ClN2O2S/c1-20(12-17(22)23)13-5-4-9-21(10-8-13)11-16-18(19)14-6-2-3-7-15(14)24-16/h2-3,6-7,13H,4-5,8-12H2,1H3,(H,22,23). The van der Waals surface area contributed by atoms with Gasteiger partial charge in [-0.2, -0.15) is 0 Å². The van der Waals surface area contributed by atoms with Gasteiger partial charge in [-0.1, -0.05) is 29.8 Å². The molecule has 2 aromatic rings. The fourth-order valence-corrected chi connectivity index (χ4v) is 4.98. The maximum Gasteiger partial charge on any atom is 0.317 e. The first-order valence-corrected chi connectivity index (χ1v) is 9.54. The van der Waals surface area contributed by atoms with Crippen molar-refractivity contribution in [3.63, 3.8) is 0 Å². The number of benzene rings is 1. The molecule has 1 saturated heterocycles. The maximum absolute atomic E-state index is 10.9. The highest BCUT2D eigenvalue weighted by atomic mass is 35.5. The Morgan fingerprint density at radius 3 is 2.92 bits per heavy atom. The summed E-state index contributed by atoms with van der Waals surface area (Å²) in [7, 11) is 1.91. The Kier molecular flexibility index (Phi) is 5.76. The Bertz CT molecular complexity index is 718. The highest BCUT2D eigenvalue weighted by molar-refractivity contribution is 7.19. The third-order valence-corrected chi connectivity index (χ3v) is 6.47. The lowest BCUT2D eigenvalue weighted by Gasteiger charge is -2.25. The van der Waals surface area contributed by atoms with Gasteiger partial charge >= 0.3 is 5.97 Å². The molecule has 0 saturated carbocycles. The van der Waals surface area contributed by atoms with E-state index in [2.05, 4.69) is 17.0 Å². The van der Waals surface area contributed by atoms with E-state index in [0.29, 0.717) is 6.04 Å². The zero-order chi connectivity index (χ0) is 17.1. The fraction of sp³-hybridized carbons (Fsp3) is 0.500. The number of halogens is 1. The predicted octanol–water partition coefficient (Wildman–Crippen LogP) is 3.93. The molecule has 130 valence electrons. The van der Waals surface area contributed by atoms with E-state index in [-0.39, 0.29) is 6.54 Å². The van der Waals surface area contributed by atoms with Gasteiger partial charge in [0, 0.05) is 34.1 Å². The number of likely N-dealkylation sites (tertiary alicyclic amines) is 1. The van der Waals surface area contributed by atoms with Gasteiger partial charge in [0.25, 0.3) is 0 Å². The van der Waals surface area contributed by atoms with Crippen LogP contribution in [0.4, 0.5) is 0 Å². The van der Waals surface area contributed by atoms with Crippen LogP contribution in [0.1, 0.15) is 24.1 Å². The SMILES string of the molecule is CN(CC(=O)O)C1CCCN(Cc2sc3ccccc3c2Cl)CC1. The van der Waals surface area contributed by atoms with E-state index in [0.717, 1.165) is 49.3 Å². The molecule has 6 heteroatoms. The summed E-state index contributed by atoms with van der Waals surface area (Å²) < 4.78 is 1.24. The quantitative estimate of drug-likeness (QED) is 0.870. The largest absolute Gasteiger partial charge is 0.480 e. The lowest BCUT2D eigenvalue weighted by Crippen LogP contribution is -2.36. The van der Waals surface area contributed by atoms with Crippen LogP contribution in [0, 0.1) is 0 Å². The summed E-state index contributed by atoms with van der Waals surface area (Å²) in [5.74, 6) is -0.754. The Morgan fingerprint density at radius 2 is 2.17 bits per heavy atom. The lowest BCUT2D eigenvalue weighted by atomic mass is 10.1.